The second-order valence-corrected chi connectivity index (χ2v) is 5.62. The van der Waals surface area contributed by atoms with Crippen molar-refractivity contribution in [2.24, 2.45) is 0 Å². The van der Waals surface area contributed by atoms with E-state index in [1.54, 1.807) is 6.20 Å². The Morgan fingerprint density at radius 2 is 2.29 bits per heavy atom. The van der Waals surface area contributed by atoms with E-state index in [1.807, 2.05) is 24.4 Å². The fourth-order valence-electron chi connectivity index (χ4n) is 2.02. The monoisotopic (exact) mass is 306 g/mol. The quantitative estimate of drug-likeness (QED) is 0.765. The highest BCUT2D eigenvalue weighted by Gasteiger charge is 2.19. The van der Waals surface area contributed by atoms with Crippen molar-refractivity contribution >= 4 is 29.0 Å². The molecule has 0 aromatic carbocycles. The molecular weight excluding hydrogens is 288 g/mol. The highest BCUT2D eigenvalue weighted by Crippen LogP contribution is 2.23. The van der Waals surface area contributed by atoms with Crippen LogP contribution in [0.4, 0.5) is 5.82 Å². The Hall–Kier alpha value is -2.15. The van der Waals surface area contributed by atoms with Crippen LogP contribution in [-0.2, 0) is 16.0 Å². The minimum atomic E-state index is -0.310. The number of thiophene rings is 1. The third kappa shape index (κ3) is 4.16. The number of anilines is 1. The lowest BCUT2D eigenvalue weighted by Crippen LogP contribution is -2.29. The van der Waals surface area contributed by atoms with Crippen LogP contribution < -0.4 is 10.6 Å². The Balaban J connectivity index is 2.03. The number of hydrogen-bond acceptors (Lipinski definition) is 4. The van der Waals surface area contributed by atoms with Crippen molar-refractivity contribution in [1.29, 1.82) is 0 Å². The summed E-state index contributed by atoms with van der Waals surface area (Å²) >= 11 is 1.52. The van der Waals surface area contributed by atoms with Gasteiger partial charge in [-0.05, 0) is 17.9 Å². The number of amides is 2. The molecule has 0 saturated heterocycles. The Labute approximate surface area is 127 Å². The second-order valence-electron chi connectivity index (χ2n) is 4.64. The lowest BCUT2D eigenvalue weighted by Gasteiger charge is -2.16. The van der Waals surface area contributed by atoms with Crippen LogP contribution in [-0.4, -0.2) is 22.0 Å². The number of aromatic amines is 1. The molecule has 7 heteroatoms. The van der Waals surface area contributed by atoms with E-state index in [1.165, 1.54) is 18.3 Å². The number of aromatic nitrogens is 2. The van der Waals surface area contributed by atoms with Crippen LogP contribution in [0.5, 0.6) is 0 Å². The van der Waals surface area contributed by atoms with E-state index >= 15 is 0 Å². The standard InChI is InChI=1S/C14H18N4O2S/c1-3-10-8-15-18-14(10)17-13(20)7-11(16-9(2)19)12-5-4-6-21-12/h4-6,8,11H,3,7H2,1-2H3,(H,16,19)(H2,15,17,18,20). The number of nitrogens with zero attached hydrogens (tertiary/aromatic N) is 1. The van der Waals surface area contributed by atoms with Crippen molar-refractivity contribution in [2.45, 2.75) is 32.7 Å². The molecule has 2 aromatic heterocycles. The number of aryl methyl sites for hydroxylation is 1. The molecule has 2 amide bonds. The molecule has 0 aliphatic heterocycles. The molecule has 6 nitrogen and oxygen atoms in total. The first-order chi connectivity index (χ1) is 10.1. The molecule has 2 aromatic rings. The maximum absolute atomic E-state index is 12.2. The minimum Gasteiger partial charge on any atom is -0.348 e. The van der Waals surface area contributed by atoms with Crippen LogP contribution >= 0.6 is 11.3 Å². The lowest BCUT2D eigenvalue weighted by molar-refractivity contribution is -0.120. The van der Waals surface area contributed by atoms with Gasteiger partial charge < -0.3 is 10.6 Å². The summed E-state index contributed by atoms with van der Waals surface area (Å²) in [5.41, 5.74) is 0.954. The van der Waals surface area contributed by atoms with Gasteiger partial charge in [0.25, 0.3) is 0 Å². The summed E-state index contributed by atoms with van der Waals surface area (Å²) in [5.74, 6) is 0.299. The first-order valence-corrected chi connectivity index (χ1v) is 7.60. The lowest BCUT2D eigenvalue weighted by atomic mass is 10.1. The molecule has 0 aliphatic rings. The highest BCUT2D eigenvalue weighted by molar-refractivity contribution is 7.10. The van der Waals surface area contributed by atoms with Crippen LogP contribution in [0.15, 0.2) is 23.7 Å². The topological polar surface area (TPSA) is 86.9 Å². The molecule has 1 unspecified atom stereocenters. The zero-order chi connectivity index (χ0) is 15.2. The number of carbonyl (C=O) groups excluding carboxylic acids is 2. The van der Waals surface area contributed by atoms with Crippen molar-refractivity contribution in [3.05, 3.63) is 34.2 Å². The Morgan fingerprint density at radius 3 is 2.90 bits per heavy atom. The predicted octanol–water partition coefficient (Wildman–Crippen LogP) is 2.24. The van der Waals surface area contributed by atoms with Gasteiger partial charge in [0.15, 0.2) is 0 Å². The maximum Gasteiger partial charge on any atom is 0.227 e. The Morgan fingerprint density at radius 1 is 1.48 bits per heavy atom. The van der Waals surface area contributed by atoms with Crippen LogP contribution in [0.2, 0.25) is 0 Å². The third-order valence-electron chi connectivity index (χ3n) is 3.02. The van der Waals surface area contributed by atoms with E-state index in [-0.39, 0.29) is 24.3 Å². The van der Waals surface area contributed by atoms with Gasteiger partial charge >= 0.3 is 0 Å². The normalized spacial score (nSPS) is 11.9. The predicted molar refractivity (Wildman–Crippen MR) is 82.1 cm³/mol. The van der Waals surface area contributed by atoms with Crippen molar-refractivity contribution < 1.29 is 9.59 Å². The van der Waals surface area contributed by atoms with Gasteiger partial charge in [0.2, 0.25) is 11.8 Å². The summed E-state index contributed by atoms with van der Waals surface area (Å²) in [7, 11) is 0. The molecule has 0 aliphatic carbocycles. The summed E-state index contributed by atoms with van der Waals surface area (Å²) < 4.78 is 0. The van der Waals surface area contributed by atoms with E-state index in [9.17, 15) is 9.59 Å². The van der Waals surface area contributed by atoms with Gasteiger partial charge in [-0.25, -0.2) is 0 Å². The first-order valence-electron chi connectivity index (χ1n) is 6.72. The smallest absolute Gasteiger partial charge is 0.227 e. The molecule has 2 rings (SSSR count). The molecule has 0 bridgehead atoms. The Bertz CT molecular complexity index is 606. The molecule has 3 N–H and O–H groups in total. The van der Waals surface area contributed by atoms with Gasteiger partial charge in [0.05, 0.1) is 18.7 Å². The zero-order valence-electron chi connectivity index (χ0n) is 12.0. The van der Waals surface area contributed by atoms with Crippen LogP contribution in [0.3, 0.4) is 0 Å². The molecule has 2 heterocycles. The Kier molecular flexibility index (Phi) is 5.10. The summed E-state index contributed by atoms with van der Waals surface area (Å²) in [5, 5.41) is 14.2. The van der Waals surface area contributed by atoms with Gasteiger partial charge in [0, 0.05) is 17.4 Å². The summed E-state index contributed by atoms with van der Waals surface area (Å²) in [6, 6.07) is 3.50. The summed E-state index contributed by atoms with van der Waals surface area (Å²) in [6.45, 7) is 3.44. The number of carbonyl (C=O) groups is 2. The molecule has 0 fully saturated rings. The molecule has 1 atom stereocenters. The minimum absolute atomic E-state index is 0.156. The number of nitrogens with one attached hydrogen (secondary N) is 3. The average molecular weight is 306 g/mol. The fourth-order valence-corrected chi connectivity index (χ4v) is 2.80. The molecule has 0 radical (unpaired) electrons. The van der Waals surface area contributed by atoms with Crippen molar-refractivity contribution in [2.75, 3.05) is 5.32 Å². The van der Waals surface area contributed by atoms with Crippen molar-refractivity contribution in [1.82, 2.24) is 15.5 Å². The van der Waals surface area contributed by atoms with Gasteiger partial charge in [-0.2, -0.15) is 5.10 Å². The van der Waals surface area contributed by atoms with Crippen molar-refractivity contribution in [3.63, 3.8) is 0 Å². The molecule has 0 saturated carbocycles. The maximum atomic E-state index is 12.2. The first kappa shape index (κ1) is 15.2. The van der Waals surface area contributed by atoms with Crippen LogP contribution in [0.1, 0.15) is 36.8 Å². The molecule has 112 valence electrons. The molecular formula is C14H18N4O2S. The van der Waals surface area contributed by atoms with Gasteiger partial charge in [0.1, 0.15) is 5.82 Å². The third-order valence-corrected chi connectivity index (χ3v) is 4.00. The zero-order valence-corrected chi connectivity index (χ0v) is 12.8. The number of H-pyrrole nitrogens is 1. The van der Waals surface area contributed by atoms with E-state index in [4.69, 9.17) is 0 Å². The summed E-state index contributed by atoms with van der Waals surface area (Å²) in [6.07, 6.45) is 2.66. The van der Waals surface area contributed by atoms with Crippen molar-refractivity contribution in [3.8, 4) is 0 Å². The van der Waals surface area contributed by atoms with E-state index in [0.29, 0.717) is 5.82 Å². The largest absolute Gasteiger partial charge is 0.348 e. The van der Waals surface area contributed by atoms with E-state index in [2.05, 4.69) is 20.8 Å². The second kappa shape index (κ2) is 7.03. The fraction of sp³-hybridized carbons (Fsp3) is 0.357. The molecule has 0 spiro atoms. The number of hydrogen-bond donors (Lipinski definition) is 3. The summed E-state index contributed by atoms with van der Waals surface area (Å²) in [4.78, 5) is 24.4. The van der Waals surface area contributed by atoms with Crippen LogP contribution in [0, 0.1) is 0 Å². The van der Waals surface area contributed by atoms with Gasteiger partial charge in [-0.1, -0.05) is 13.0 Å². The van der Waals surface area contributed by atoms with Crippen LogP contribution in [0.25, 0.3) is 0 Å². The van der Waals surface area contributed by atoms with E-state index in [0.717, 1.165) is 16.9 Å². The molecule has 21 heavy (non-hydrogen) atoms. The SMILES string of the molecule is CCc1cn[nH]c1NC(=O)CC(NC(C)=O)c1cccs1. The number of rotatable bonds is 6. The average Bonchev–Trinajstić information content (AvgIpc) is 3.08. The van der Waals surface area contributed by atoms with Gasteiger partial charge in [-0.3, -0.25) is 14.7 Å². The van der Waals surface area contributed by atoms with Gasteiger partial charge in [-0.15, -0.1) is 11.3 Å². The van der Waals surface area contributed by atoms with E-state index < -0.39 is 0 Å². The highest BCUT2D eigenvalue weighted by atomic mass is 32.1.